The fourth-order valence-corrected chi connectivity index (χ4v) is 5.46. The number of morpholine rings is 1. The number of aromatic nitrogens is 3. The predicted octanol–water partition coefficient (Wildman–Crippen LogP) is 4.81. The summed E-state index contributed by atoms with van der Waals surface area (Å²) in [4.78, 5) is 22.7. The van der Waals surface area contributed by atoms with Gasteiger partial charge < -0.3 is 4.74 Å². The minimum atomic E-state index is -0.100. The summed E-state index contributed by atoms with van der Waals surface area (Å²) >= 11 is 7.87. The number of carbonyl (C=O) groups is 1. The van der Waals surface area contributed by atoms with Crippen LogP contribution in [-0.4, -0.2) is 65.0 Å². The highest BCUT2D eigenvalue weighted by Gasteiger charge is 2.25. The lowest BCUT2D eigenvalue weighted by molar-refractivity contribution is 0.0376. The molecule has 0 aliphatic carbocycles. The second-order valence-corrected chi connectivity index (χ2v) is 9.65. The molecule has 176 valence electrons. The third-order valence-electron chi connectivity index (χ3n) is 6.04. The van der Waals surface area contributed by atoms with Crippen LogP contribution in [-0.2, 0) is 4.74 Å². The molecule has 5 rings (SSSR count). The van der Waals surface area contributed by atoms with E-state index in [1.165, 1.54) is 11.3 Å². The Labute approximate surface area is 207 Å². The third-order valence-corrected chi connectivity index (χ3v) is 7.38. The number of rotatable bonds is 7. The van der Waals surface area contributed by atoms with Gasteiger partial charge in [-0.3, -0.25) is 14.6 Å². The number of thiazole rings is 1. The van der Waals surface area contributed by atoms with Gasteiger partial charge in [-0.25, -0.2) is 9.67 Å². The molecule has 1 aliphatic heterocycles. The van der Waals surface area contributed by atoms with Crippen LogP contribution in [0.2, 0.25) is 5.02 Å². The number of nitrogens with zero attached hydrogens (tertiary/aromatic N) is 5. The molecule has 1 aliphatic rings. The molecule has 34 heavy (non-hydrogen) atoms. The van der Waals surface area contributed by atoms with Crippen molar-refractivity contribution in [3.63, 3.8) is 0 Å². The molecular weight excluding hydrogens is 470 g/mol. The highest BCUT2D eigenvalue weighted by molar-refractivity contribution is 7.22. The maximum Gasteiger partial charge on any atom is 0.263 e. The number of ether oxygens (including phenoxy) is 1. The topological polar surface area (TPSA) is 63.5 Å². The van der Waals surface area contributed by atoms with Gasteiger partial charge >= 0.3 is 0 Å². The van der Waals surface area contributed by atoms with Crippen LogP contribution in [0, 0.1) is 6.92 Å². The van der Waals surface area contributed by atoms with Crippen molar-refractivity contribution >= 4 is 44.2 Å². The maximum atomic E-state index is 13.8. The van der Waals surface area contributed by atoms with Crippen LogP contribution in [0.1, 0.15) is 22.5 Å². The summed E-state index contributed by atoms with van der Waals surface area (Å²) in [6.45, 7) is 6.76. The number of carbonyl (C=O) groups excluding carboxylic acids is 1. The quantitative estimate of drug-likeness (QED) is 0.368. The number of amides is 1. The Hall–Kier alpha value is -2.78. The summed E-state index contributed by atoms with van der Waals surface area (Å²) in [6, 6.07) is 15.5. The first-order chi connectivity index (χ1) is 16.6. The molecule has 0 saturated carbocycles. The van der Waals surface area contributed by atoms with Gasteiger partial charge in [-0.2, -0.15) is 5.10 Å². The second-order valence-electron chi connectivity index (χ2n) is 8.24. The van der Waals surface area contributed by atoms with Crippen LogP contribution in [0.3, 0.4) is 0 Å². The van der Waals surface area contributed by atoms with E-state index in [1.54, 1.807) is 15.8 Å². The van der Waals surface area contributed by atoms with Crippen molar-refractivity contribution < 1.29 is 9.53 Å². The van der Waals surface area contributed by atoms with Gasteiger partial charge in [0.25, 0.3) is 5.91 Å². The van der Waals surface area contributed by atoms with Crippen molar-refractivity contribution in [1.29, 1.82) is 0 Å². The van der Waals surface area contributed by atoms with E-state index in [4.69, 9.17) is 21.3 Å². The van der Waals surface area contributed by atoms with E-state index in [1.807, 2.05) is 55.5 Å². The van der Waals surface area contributed by atoms with Crippen LogP contribution in [0.5, 0.6) is 0 Å². The summed E-state index contributed by atoms with van der Waals surface area (Å²) in [5.74, 6) is -0.100. The van der Waals surface area contributed by atoms with Crippen molar-refractivity contribution in [2.24, 2.45) is 0 Å². The van der Waals surface area contributed by atoms with Crippen molar-refractivity contribution in [2.45, 2.75) is 13.3 Å². The van der Waals surface area contributed by atoms with Crippen molar-refractivity contribution in [3.05, 3.63) is 71.0 Å². The highest BCUT2D eigenvalue weighted by Crippen LogP contribution is 2.34. The number of hydrogen-bond acceptors (Lipinski definition) is 6. The van der Waals surface area contributed by atoms with Gasteiger partial charge in [0.15, 0.2) is 5.13 Å². The summed E-state index contributed by atoms with van der Waals surface area (Å²) in [6.07, 6.45) is 2.49. The van der Waals surface area contributed by atoms with Crippen molar-refractivity contribution in [1.82, 2.24) is 19.7 Å². The molecule has 3 heterocycles. The van der Waals surface area contributed by atoms with E-state index < -0.39 is 0 Å². The molecule has 0 unspecified atom stereocenters. The number of anilines is 1. The lowest BCUT2D eigenvalue weighted by Gasteiger charge is -2.27. The fraction of sp³-hybridized carbons (Fsp3) is 0.320. The second kappa shape index (κ2) is 10.2. The van der Waals surface area contributed by atoms with Crippen LogP contribution in [0.25, 0.3) is 15.9 Å². The van der Waals surface area contributed by atoms with Gasteiger partial charge in [0.05, 0.1) is 46.1 Å². The van der Waals surface area contributed by atoms with Crippen LogP contribution >= 0.6 is 22.9 Å². The minimum absolute atomic E-state index is 0.100. The largest absolute Gasteiger partial charge is 0.379 e. The van der Waals surface area contributed by atoms with E-state index in [-0.39, 0.29) is 5.91 Å². The summed E-state index contributed by atoms with van der Waals surface area (Å²) in [5.41, 5.74) is 3.02. The molecule has 0 bridgehead atoms. The lowest BCUT2D eigenvalue weighted by atomic mass is 10.2. The molecule has 4 aromatic rings. The zero-order valence-electron chi connectivity index (χ0n) is 19.0. The highest BCUT2D eigenvalue weighted by atomic mass is 35.5. The summed E-state index contributed by atoms with van der Waals surface area (Å²) < 4.78 is 8.22. The van der Waals surface area contributed by atoms with Crippen molar-refractivity contribution in [3.8, 4) is 5.69 Å². The number of hydrogen-bond donors (Lipinski definition) is 0. The fourth-order valence-electron chi connectivity index (χ4n) is 4.17. The van der Waals surface area contributed by atoms with E-state index in [0.29, 0.717) is 22.3 Å². The Morgan fingerprint density at radius 1 is 1.15 bits per heavy atom. The molecule has 0 atom stereocenters. The van der Waals surface area contributed by atoms with Crippen LogP contribution < -0.4 is 4.90 Å². The molecule has 2 aromatic carbocycles. The number of halogens is 1. The Morgan fingerprint density at radius 3 is 2.71 bits per heavy atom. The van der Waals surface area contributed by atoms with Gasteiger partial charge in [0.1, 0.15) is 5.52 Å². The van der Waals surface area contributed by atoms with E-state index in [2.05, 4.69) is 10.00 Å². The third kappa shape index (κ3) is 4.72. The molecule has 1 fully saturated rings. The van der Waals surface area contributed by atoms with Gasteiger partial charge in [-0.05, 0) is 37.6 Å². The standard InChI is InChI=1S/C25H26ClN5O2S/c1-18-20(17-27-31(18)19-7-3-2-4-8-19)24(32)30(12-6-11-29-13-15-33-16-14-29)25-28-23-21(26)9-5-10-22(23)34-25/h2-5,7-10,17H,6,11-16H2,1H3. The van der Waals surface area contributed by atoms with Crippen molar-refractivity contribution in [2.75, 3.05) is 44.3 Å². The molecule has 0 spiro atoms. The van der Waals surface area contributed by atoms with Gasteiger partial charge in [0.2, 0.25) is 0 Å². The van der Waals surface area contributed by atoms with Gasteiger partial charge in [-0.1, -0.05) is 47.2 Å². The maximum absolute atomic E-state index is 13.8. The first kappa shape index (κ1) is 23.0. The number of fused-ring (bicyclic) bond motifs is 1. The molecule has 0 N–H and O–H groups in total. The normalized spacial score (nSPS) is 14.5. The molecule has 9 heteroatoms. The molecular formula is C25H26ClN5O2S. The van der Waals surface area contributed by atoms with E-state index >= 15 is 0 Å². The Balaban J connectivity index is 1.44. The van der Waals surface area contributed by atoms with Gasteiger partial charge in [-0.15, -0.1) is 0 Å². The molecule has 1 saturated heterocycles. The van der Waals surface area contributed by atoms with Crippen LogP contribution in [0.15, 0.2) is 54.7 Å². The first-order valence-electron chi connectivity index (χ1n) is 11.4. The monoisotopic (exact) mass is 495 g/mol. The lowest BCUT2D eigenvalue weighted by Crippen LogP contribution is -2.39. The van der Waals surface area contributed by atoms with Gasteiger partial charge in [0, 0.05) is 26.2 Å². The molecule has 2 aromatic heterocycles. The SMILES string of the molecule is Cc1c(C(=O)N(CCCN2CCOCC2)c2nc3c(Cl)cccc3s2)cnn1-c1ccccc1. The Morgan fingerprint density at radius 2 is 1.94 bits per heavy atom. The molecule has 1 amide bonds. The smallest absolute Gasteiger partial charge is 0.263 e. The zero-order valence-corrected chi connectivity index (χ0v) is 20.6. The minimum Gasteiger partial charge on any atom is -0.379 e. The molecule has 0 radical (unpaired) electrons. The Bertz CT molecular complexity index is 1280. The van der Waals surface area contributed by atoms with E-state index in [0.717, 1.165) is 60.9 Å². The van der Waals surface area contributed by atoms with Crippen LogP contribution in [0.4, 0.5) is 5.13 Å². The summed E-state index contributed by atoms with van der Waals surface area (Å²) in [5, 5.41) is 5.75. The zero-order chi connectivity index (χ0) is 23.5. The first-order valence-corrected chi connectivity index (χ1v) is 12.6. The Kier molecular flexibility index (Phi) is 6.92. The van der Waals surface area contributed by atoms with E-state index in [9.17, 15) is 4.79 Å². The average Bonchev–Trinajstić information content (AvgIpc) is 3.47. The number of benzene rings is 2. The molecule has 7 nitrogen and oxygen atoms in total. The predicted molar refractivity (Wildman–Crippen MR) is 136 cm³/mol. The summed E-state index contributed by atoms with van der Waals surface area (Å²) in [7, 11) is 0. The average molecular weight is 496 g/mol. The number of para-hydroxylation sites is 2.